The van der Waals surface area contributed by atoms with E-state index in [2.05, 4.69) is 70.3 Å². The van der Waals surface area contributed by atoms with Crippen molar-refractivity contribution >= 4 is 12.2 Å². The highest BCUT2D eigenvalue weighted by molar-refractivity contribution is 5.53. The van der Waals surface area contributed by atoms with E-state index in [1.165, 1.54) is 27.8 Å². The second-order valence-electron chi connectivity index (χ2n) is 4.75. The van der Waals surface area contributed by atoms with Crippen LogP contribution in [-0.4, -0.2) is 0 Å². The van der Waals surface area contributed by atoms with Gasteiger partial charge in [-0.1, -0.05) is 74.7 Å². The summed E-state index contributed by atoms with van der Waals surface area (Å²) in [6, 6.07) is 14.6. The van der Waals surface area contributed by atoms with Crippen LogP contribution in [0.1, 0.15) is 34.7 Å². The molecule has 0 radical (unpaired) electrons. The third kappa shape index (κ3) is 4.24. The van der Waals surface area contributed by atoms with Crippen molar-refractivity contribution in [2.45, 2.75) is 27.2 Å². The molecule has 0 spiro atoms. The second kappa shape index (κ2) is 8.16. The molecule has 0 saturated heterocycles. The standard InChI is InChI=1S/2C10H12/c1-4-10-7-5-6-8(2)9(10)3;1-3-9-7-5-6-8-10(9)4-2/h4-7H,1H2,2-3H3;3,5-8H,1,4H2,2H3. The van der Waals surface area contributed by atoms with Gasteiger partial charge in [0, 0.05) is 0 Å². The van der Waals surface area contributed by atoms with E-state index < -0.39 is 0 Å². The van der Waals surface area contributed by atoms with Crippen molar-refractivity contribution in [2.75, 3.05) is 0 Å². The fourth-order valence-electron chi connectivity index (χ4n) is 2.05. The number of hydrogen-bond acceptors (Lipinski definition) is 0. The lowest BCUT2D eigenvalue weighted by Gasteiger charge is -2.01. The normalized spacial score (nSPS) is 9.35. The van der Waals surface area contributed by atoms with Crippen molar-refractivity contribution in [1.82, 2.24) is 0 Å². The maximum absolute atomic E-state index is 3.74. The van der Waals surface area contributed by atoms with Crippen LogP contribution < -0.4 is 0 Å². The first-order valence-corrected chi connectivity index (χ1v) is 7.03. The van der Waals surface area contributed by atoms with Crippen LogP contribution in [0.15, 0.2) is 55.6 Å². The third-order valence-electron chi connectivity index (χ3n) is 3.52. The van der Waals surface area contributed by atoms with Crippen LogP contribution in [0.4, 0.5) is 0 Å². The molecular formula is C20H24. The van der Waals surface area contributed by atoms with Crippen molar-refractivity contribution in [3.05, 3.63) is 83.4 Å². The van der Waals surface area contributed by atoms with E-state index in [1.54, 1.807) is 0 Å². The van der Waals surface area contributed by atoms with E-state index in [-0.39, 0.29) is 0 Å². The Morgan fingerprint density at radius 1 is 0.850 bits per heavy atom. The van der Waals surface area contributed by atoms with Gasteiger partial charge in [0.2, 0.25) is 0 Å². The van der Waals surface area contributed by atoms with Gasteiger partial charge in [-0.05, 0) is 48.1 Å². The van der Waals surface area contributed by atoms with Crippen LogP contribution in [-0.2, 0) is 6.42 Å². The molecule has 0 unspecified atom stereocenters. The van der Waals surface area contributed by atoms with E-state index in [1.807, 2.05) is 18.2 Å². The Kier molecular flexibility index (Phi) is 6.52. The molecule has 0 aliphatic heterocycles. The van der Waals surface area contributed by atoms with Gasteiger partial charge in [0.05, 0.1) is 0 Å². The number of hydrogen-bond donors (Lipinski definition) is 0. The molecule has 20 heavy (non-hydrogen) atoms. The van der Waals surface area contributed by atoms with Crippen LogP contribution in [0, 0.1) is 13.8 Å². The molecule has 0 bridgehead atoms. The Morgan fingerprint density at radius 2 is 1.45 bits per heavy atom. The van der Waals surface area contributed by atoms with Crippen LogP contribution in [0.25, 0.3) is 12.2 Å². The molecule has 0 aliphatic rings. The molecule has 0 N–H and O–H groups in total. The first kappa shape index (κ1) is 16.0. The summed E-state index contributed by atoms with van der Waals surface area (Å²) in [6.45, 7) is 13.9. The summed E-state index contributed by atoms with van der Waals surface area (Å²) in [5.74, 6) is 0. The van der Waals surface area contributed by atoms with E-state index in [9.17, 15) is 0 Å². The third-order valence-corrected chi connectivity index (χ3v) is 3.52. The average molecular weight is 264 g/mol. The van der Waals surface area contributed by atoms with Gasteiger partial charge in [-0.3, -0.25) is 0 Å². The van der Waals surface area contributed by atoms with Crippen molar-refractivity contribution in [3.8, 4) is 0 Å². The Balaban J connectivity index is 0.000000200. The molecule has 0 atom stereocenters. The molecule has 0 nitrogen and oxygen atoms in total. The highest BCUT2D eigenvalue weighted by Gasteiger charge is 1.94. The molecule has 0 aromatic heterocycles. The minimum Gasteiger partial charge on any atom is -0.0985 e. The Hall–Kier alpha value is -2.08. The maximum atomic E-state index is 3.74. The summed E-state index contributed by atoms with van der Waals surface area (Å²) in [4.78, 5) is 0. The van der Waals surface area contributed by atoms with Gasteiger partial charge in [-0.25, -0.2) is 0 Å². The summed E-state index contributed by atoms with van der Waals surface area (Å²) >= 11 is 0. The summed E-state index contributed by atoms with van der Waals surface area (Å²) in [5, 5.41) is 0. The zero-order chi connectivity index (χ0) is 15.0. The minimum absolute atomic E-state index is 1.09. The number of rotatable bonds is 3. The molecule has 2 aromatic carbocycles. The monoisotopic (exact) mass is 264 g/mol. The topological polar surface area (TPSA) is 0 Å². The first-order valence-electron chi connectivity index (χ1n) is 7.03. The quantitative estimate of drug-likeness (QED) is 0.653. The lowest BCUT2D eigenvalue weighted by molar-refractivity contribution is 1.13. The molecule has 0 fully saturated rings. The lowest BCUT2D eigenvalue weighted by atomic mass is 10.0. The first-order chi connectivity index (χ1) is 9.63. The Labute approximate surface area is 123 Å². The van der Waals surface area contributed by atoms with Gasteiger partial charge in [0.15, 0.2) is 0 Å². The summed E-state index contributed by atoms with van der Waals surface area (Å²) in [5.41, 5.74) is 6.53. The zero-order valence-electron chi connectivity index (χ0n) is 12.8. The largest absolute Gasteiger partial charge is 0.0985 e. The molecule has 2 rings (SSSR count). The highest BCUT2D eigenvalue weighted by atomic mass is 14.0. The molecule has 2 aromatic rings. The predicted octanol–water partition coefficient (Wildman–Crippen LogP) is 5.84. The van der Waals surface area contributed by atoms with Crippen molar-refractivity contribution in [2.24, 2.45) is 0 Å². The average Bonchev–Trinajstić information content (AvgIpc) is 2.50. The van der Waals surface area contributed by atoms with Gasteiger partial charge >= 0.3 is 0 Å². The maximum Gasteiger partial charge on any atom is -0.0231 e. The van der Waals surface area contributed by atoms with Crippen LogP contribution in [0.5, 0.6) is 0 Å². The van der Waals surface area contributed by atoms with Gasteiger partial charge in [-0.2, -0.15) is 0 Å². The lowest BCUT2D eigenvalue weighted by Crippen LogP contribution is -1.83. The van der Waals surface area contributed by atoms with E-state index in [4.69, 9.17) is 0 Å². The fourth-order valence-corrected chi connectivity index (χ4v) is 2.05. The number of benzene rings is 2. The molecule has 0 heteroatoms. The van der Waals surface area contributed by atoms with Crippen LogP contribution in [0.3, 0.4) is 0 Å². The Morgan fingerprint density at radius 3 is 1.95 bits per heavy atom. The summed E-state index contributed by atoms with van der Waals surface area (Å²) < 4.78 is 0. The molecule has 0 heterocycles. The Bertz CT molecular complexity index is 576. The molecular weight excluding hydrogens is 240 g/mol. The van der Waals surface area contributed by atoms with Gasteiger partial charge < -0.3 is 0 Å². The minimum atomic E-state index is 1.09. The zero-order valence-corrected chi connectivity index (χ0v) is 12.8. The predicted molar refractivity (Wildman–Crippen MR) is 91.9 cm³/mol. The van der Waals surface area contributed by atoms with E-state index in [0.29, 0.717) is 0 Å². The van der Waals surface area contributed by atoms with Crippen molar-refractivity contribution in [3.63, 3.8) is 0 Å². The smallest absolute Gasteiger partial charge is 0.0231 e. The SMILES string of the molecule is C=Cc1cccc(C)c1C.C=Cc1ccccc1CC. The number of aryl methyl sites for hydroxylation is 2. The van der Waals surface area contributed by atoms with Gasteiger partial charge in [-0.15, -0.1) is 0 Å². The summed E-state index contributed by atoms with van der Waals surface area (Å²) in [6.07, 6.45) is 4.88. The van der Waals surface area contributed by atoms with Gasteiger partial charge in [0.1, 0.15) is 0 Å². The van der Waals surface area contributed by atoms with Crippen LogP contribution in [0.2, 0.25) is 0 Å². The molecule has 0 saturated carbocycles. The second-order valence-corrected chi connectivity index (χ2v) is 4.75. The molecule has 0 amide bonds. The summed E-state index contributed by atoms with van der Waals surface area (Å²) in [7, 11) is 0. The van der Waals surface area contributed by atoms with Gasteiger partial charge in [0.25, 0.3) is 0 Å². The molecule has 0 aliphatic carbocycles. The highest BCUT2D eigenvalue weighted by Crippen LogP contribution is 2.12. The van der Waals surface area contributed by atoms with E-state index in [0.717, 1.165) is 6.42 Å². The fraction of sp³-hybridized carbons (Fsp3) is 0.200. The van der Waals surface area contributed by atoms with Crippen molar-refractivity contribution in [1.29, 1.82) is 0 Å². The van der Waals surface area contributed by atoms with Crippen LogP contribution >= 0.6 is 0 Å². The van der Waals surface area contributed by atoms with E-state index >= 15 is 0 Å². The van der Waals surface area contributed by atoms with Crippen molar-refractivity contribution < 1.29 is 0 Å². The molecule has 104 valence electrons.